The second-order valence-electron chi connectivity index (χ2n) is 3.58. The van der Waals surface area contributed by atoms with Crippen molar-refractivity contribution in [1.82, 2.24) is 14.5 Å². The number of rotatable bonds is 2. The van der Waals surface area contributed by atoms with Gasteiger partial charge in [0.1, 0.15) is 0 Å². The zero-order chi connectivity index (χ0) is 11.8. The van der Waals surface area contributed by atoms with Crippen LogP contribution >= 0.6 is 39.5 Å². The van der Waals surface area contributed by atoms with Gasteiger partial charge in [-0.3, -0.25) is 4.57 Å². The molecule has 3 rings (SSSR count). The Labute approximate surface area is 115 Å². The number of H-pyrrole nitrogens is 1. The fourth-order valence-electron chi connectivity index (χ4n) is 1.72. The number of halogens is 1. The quantitative estimate of drug-likeness (QED) is 0.723. The maximum Gasteiger partial charge on any atom is 0.179 e. The van der Waals surface area contributed by atoms with Gasteiger partial charge in [-0.05, 0) is 51.7 Å². The summed E-state index contributed by atoms with van der Waals surface area (Å²) >= 11 is 10.6. The lowest BCUT2D eigenvalue weighted by Crippen LogP contribution is -1.99. The van der Waals surface area contributed by atoms with Crippen LogP contribution in [0.1, 0.15) is 4.88 Å². The highest BCUT2D eigenvalue weighted by Crippen LogP contribution is 2.24. The SMILES string of the molecule is S=c1[nH]c2cccnc2n1Cc1sccc1Br. The van der Waals surface area contributed by atoms with Gasteiger partial charge in [-0.2, -0.15) is 0 Å². The third kappa shape index (κ3) is 1.96. The van der Waals surface area contributed by atoms with Gasteiger partial charge in [0, 0.05) is 15.5 Å². The number of aromatic nitrogens is 3. The van der Waals surface area contributed by atoms with E-state index in [9.17, 15) is 0 Å². The van der Waals surface area contributed by atoms with Crippen LogP contribution in [0.3, 0.4) is 0 Å². The van der Waals surface area contributed by atoms with Gasteiger partial charge in [0.25, 0.3) is 0 Å². The molecular formula is C11H8BrN3S2. The average molecular weight is 326 g/mol. The van der Waals surface area contributed by atoms with Crippen molar-refractivity contribution in [2.75, 3.05) is 0 Å². The zero-order valence-corrected chi connectivity index (χ0v) is 11.9. The van der Waals surface area contributed by atoms with Crippen molar-refractivity contribution in [3.05, 3.63) is 43.9 Å². The largest absolute Gasteiger partial charge is 0.329 e. The van der Waals surface area contributed by atoms with Crippen LogP contribution in [0.4, 0.5) is 0 Å². The molecule has 3 aromatic heterocycles. The second kappa shape index (κ2) is 4.36. The van der Waals surface area contributed by atoms with Gasteiger partial charge in [0.15, 0.2) is 10.4 Å². The van der Waals surface area contributed by atoms with Crippen LogP contribution < -0.4 is 0 Å². The highest BCUT2D eigenvalue weighted by Gasteiger charge is 2.08. The van der Waals surface area contributed by atoms with Gasteiger partial charge in [0.2, 0.25) is 0 Å². The third-order valence-corrected chi connectivity index (χ3v) is 4.76. The third-order valence-electron chi connectivity index (χ3n) is 2.52. The number of nitrogens with zero attached hydrogens (tertiary/aromatic N) is 2. The van der Waals surface area contributed by atoms with Crippen molar-refractivity contribution in [2.24, 2.45) is 0 Å². The van der Waals surface area contributed by atoms with Gasteiger partial charge in [-0.15, -0.1) is 11.3 Å². The smallest absolute Gasteiger partial charge is 0.179 e. The molecule has 0 spiro atoms. The highest BCUT2D eigenvalue weighted by atomic mass is 79.9. The summed E-state index contributed by atoms with van der Waals surface area (Å²) in [4.78, 5) is 8.77. The van der Waals surface area contributed by atoms with E-state index in [2.05, 4.69) is 31.3 Å². The summed E-state index contributed by atoms with van der Waals surface area (Å²) in [6.45, 7) is 0.744. The maximum absolute atomic E-state index is 5.33. The molecule has 3 nitrogen and oxygen atoms in total. The minimum Gasteiger partial charge on any atom is -0.329 e. The molecule has 0 aromatic carbocycles. The normalized spacial score (nSPS) is 11.1. The summed E-state index contributed by atoms with van der Waals surface area (Å²) in [6, 6.07) is 5.93. The van der Waals surface area contributed by atoms with Crippen LogP contribution in [-0.2, 0) is 6.54 Å². The van der Waals surface area contributed by atoms with Crippen molar-refractivity contribution in [3.63, 3.8) is 0 Å². The van der Waals surface area contributed by atoms with E-state index in [1.165, 1.54) is 4.88 Å². The number of thiophene rings is 1. The van der Waals surface area contributed by atoms with Crippen LogP contribution in [0.2, 0.25) is 0 Å². The standard InChI is InChI=1S/C11H8BrN3S2/c12-7-3-5-17-9(7)6-15-10-8(14-11(15)16)2-1-4-13-10/h1-5H,6H2,(H,14,16). The number of aromatic amines is 1. The van der Waals surface area contributed by atoms with E-state index in [1.807, 2.05) is 22.8 Å². The van der Waals surface area contributed by atoms with Crippen molar-refractivity contribution in [3.8, 4) is 0 Å². The molecule has 1 N–H and O–H groups in total. The molecule has 86 valence electrons. The predicted octanol–water partition coefficient (Wildman–Crippen LogP) is 3.97. The van der Waals surface area contributed by atoms with Gasteiger partial charge >= 0.3 is 0 Å². The Kier molecular flexibility index (Phi) is 2.85. The zero-order valence-electron chi connectivity index (χ0n) is 8.68. The number of nitrogens with one attached hydrogen (secondary N) is 1. The van der Waals surface area contributed by atoms with Crippen LogP contribution in [0, 0.1) is 4.77 Å². The molecule has 0 bridgehead atoms. The molecule has 0 aliphatic carbocycles. The Hall–Kier alpha value is -0.980. The molecule has 0 fully saturated rings. The van der Waals surface area contributed by atoms with E-state index in [0.29, 0.717) is 4.77 Å². The summed E-state index contributed by atoms with van der Waals surface area (Å²) in [5.41, 5.74) is 1.88. The van der Waals surface area contributed by atoms with Crippen molar-refractivity contribution >= 4 is 50.6 Å². The summed E-state index contributed by atoms with van der Waals surface area (Å²) in [6.07, 6.45) is 1.78. The molecule has 0 atom stereocenters. The summed E-state index contributed by atoms with van der Waals surface area (Å²) in [5.74, 6) is 0. The molecule has 17 heavy (non-hydrogen) atoms. The van der Waals surface area contributed by atoms with Gasteiger partial charge in [-0.25, -0.2) is 4.98 Å². The van der Waals surface area contributed by atoms with Crippen molar-refractivity contribution in [2.45, 2.75) is 6.54 Å². The van der Waals surface area contributed by atoms with E-state index in [-0.39, 0.29) is 0 Å². The maximum atomic E-state index is 5.33. The topological polar surface area (TPSA) is 33.6 Å². The minimum absolute atomic E-state index is 0.707. The van der Waals surface area contributed by atoms with E-state index in [1.54, 1.807) is 17.5 Å². The Morgan fingerprint density at radius 2 is 2.35 bits per heavy atom. The first-order valence-corrected chi connectivity index (χ1v) is 7.09. The lowest BCUT2D eigenvalue weighted by molar-refractivity contribution is 0.810. The summed E-state index contributed by atoms with van der Waals surface area (Å²) < 4.78 is 3.84. The molecule has 0 amide bonds. The van der Waals surface area contributed by atoms with E-state index < -0.39 is 0 Å². The van der Waals surface area contributed by atoms with Crippen LogP contribution in [0.15, 0.2) is 34.2 Å². The van der Waals surface area contributed by atoms with Crippen LogP contribution in [0.25, 0.3) is 11.2 Å². The Balaban J connectivity index is 2.15. The minimum atomic E-state index is 0.707. The predicted molar refractivity (Wildman–Crippen MR) is 76.0 cm³/mol. The van der Waals surface area contributed by atoms with Crippen LogP contribution in [-0.4, -0.2) is 14.5 Å². The Morgan fingerprint density at radius 1 is 1.47 bits per heavy atom. The molecule has 3 heterocycles. The Morgan fingerprint density at radius 3 is 3.12 bits per heavy atom. The Bertz CT molecular complexity index is 725. The van der Waals surface area contributed by atoms with E-state index in [0.717, 1.165) is 22.2 Å². The lowest BCUT2D eigenvalue weighted by atomic mass is 10.4. The molecule has 0 aliphatic heterocycles. The van der Waals surface area contributed by atoms with Gasteiger partial charge in [-0.1, -0.05) is 0 Å². The fourth-order valence-corrected chi connectivity index (χ4v) is 3.44. The molecule has 0 unspecified atom stereocenters. The fraction of sp³-hybridized carbons (Fsp3) is 0.0909. The summed E-state index contributed by atoms with van der Waals surface area (Å²) in [7, 11) is 0. The molecule has 0 saturated carbocycles. The first-order chi connectivity index (χ1) is 8.25. The number of hydrogen-bond donors (Lipinski definition) is 1. The molecule has 6 heteroatoms. The molecular weight excluding hydrogens is 318 g/mol. The molecule has 0 aliphatic rings. The van der Waals surface area contributed by atoms with Crippen molar-refractivity contribution in [1.29, 1.82) is 0 Å². The monoisotopic (exact) mass is 325 g/mol. The number of imidazole rings is 1. The van der Waals surface area contributed by atoms with E-state index >= 15 is 0 Å². The van der Waals surface area contributed by atoms with Gasteiger partial charge < -0.3 is 4.98 Å². The van der Waals surface area contributed by atoms with E-state index in [4.69, 9.17) is 12.2 Å². The van der Waals surface area contributed by atoms with Gasteiger partial charge in [0.05, 0.1) is 12.1 Å². The average Bonchev–Trinajstić information content (AvgIpc) is 2.85. The lowest BCUT2D eigenvalue weighted by Gasteiger charge is -2.02. The molecule has 0 saturated heterocycles. The first kappa shape index (κ1) is 11.1. The van der Waals surface area contributed by atoms with Crippen molar-refractivity contribution < 1.29 is 0 Å². The number of hydrogen-bond acceptors (Lipinski definition) is 3. The number of fused-ring (bicyclic) bond motifs is 1. The first-order valence-electron chi connectivity index (χ1n) is 5.01. The number of pyridine rings is 1. The summed E-state index contributed by atoms with van der Waals surface area (Å²) in [5, 5.41) is 2.06. The molecule has 0 radical (unpaired) electrons. The van der Waals surface area contributed by atoms with Crippen LogP contribution in [0.5, 0.6) is 0 Å². The molecule has 3 aromatic rings. The highest BCUT2D eigenvalue weighted by molar-refractivity contribution is 9.10. The second-order valence-corrected chi connectivity index (χ2v) is 5.82.